The number of likely N-dealkylation sites (tertiary alicyclic amines) is 1. The molecule has 0 aromatic rings. The van der Waals surface area contributed by atoms with Crippen LogP contribution in [0.4, 0.5) is 0 Å². The lowest BCUT2D eigenvalue weighted by molar-refractivity contribution is -0.0451. The first-order valence-electron chi connectivity index (χ1n) is 6.72. The van der Waals surface area contributed by atoms with Crippen molar-refractivity contribution in [3.05, 3.63) is 0 Å². The molecule has 4 heteroatoms. The fourth-order valence-electron chi connectivity index (χ4n) is 3.16. The molecule has 4 nitrogen and oxygen atoms in total. The molecule has 4 unspecified atom stereocenters. The summed E-state index contributed by atoms with van der Waals surface area (Å²) >= 11 is 0. The molecule has 0 aromatic heterocycles. The fraction of sp³-hybridized carbons (Fsp3) is 1.00. The standard InChI is InChI=1S/C13H26N2O2/c1-10-6-15(8-12(10)14(2)3)7-11-9-17-5-4-13(11)16/h10-13,16H,4-9H2,1-3H3. The molecule has 1 N–H and O–H groups in total. The predicted octanol–water partition coefficient (Wildman–Crippen LogP) is 0.266. The molecule has 100 valence electrons. The molecule has 2 heterocycles. The number of hydrogen-bond donors (Lipinski definition) is 1. The van der Waals surface area contributed by atoms with E-state index in [1.54, 1.807) is 0 Å². The van der Waals surface area contributed by atoms with Crippen molar-refractivity contribution in [1.29, 1.82) is 0 Å². The molecular weight excluding hydrogens is 216 g/mol. The highest BCUT2D eigenvalue weighted by Gasteiger charge is 2.34. The smallest absolute Gasteiger partial charge is 0.0624 e. The molecule has 0 aromatic carbocycles. The first-order chi connectivity index (χ1) is 8.08. The summed E-state index contributed by atoms with van der Waals surface area (Å²) in [6, 6.07) is 0.650. The highest BCUT2D eigenvalue weighted by molar-refractivity contribution is 4.88. The Morgan fingerprint density at radius 3 is 2.71 bits per heavy atom. The predicted molar refractivity (Wildman–Crippen MR) is 68.0 cm³/mol. The summed E-state index contributed by atoms with van der Waals surface area (Å²) in [6.45, 7) is 7.00. The van der Waals surface area contributed by atoms with Gasteiger partial charge in [-0.3, -0.25) is 0 Å². The van der Waals surface area contributed by atoms with Gasteiger partial charge >= 0.3 is 0 Å². The summed E-state index contributed by atoms with van der Waals surface area (Å²) in [7, 11) is 4.31. The quantitative estimate of drug-likeness (QED) is 0.770. The number of aliphatic hydroxyl groups is 1. The van der Waals surface area contributed by atoms with Gasteiger partial charge in [-0.15, -0.1) is 0 Å². The lowest BCUT2D eigenvalue weighted by atomic mass is 9.98. The molecule has 2 saturated heterocycles. The fourth-order valence-corrected chi connectivity index (χ4v) is 3.16. The van der Waals surface area contributed by atoms with Crippen molar-refractivity contribution >= 4 is 0 Å². The van der Waals surface area contributed by atoms with Crippen LogP contribution in [0.5, 0.6) is 0 Å². The van der Waals surface area contributed by atoms with Crippen LogP contribution in [0.1, 0.15) is 13.3 Å². The van der Waals surface area contributed by atoms with Gasteiger partial charge in [0.25, 0.3) is 0 Å². The Morgan fingerprint density at radius 2 is 2.12 bits per heavy atom. The van der Waals surface area contributed by atoms with E-state index in [1.165, 1.54) is 0 Å². The minimum absolute atomic E-state index is 0.169. The van der Waals surface area contributed by atoms with Crippen LogP contribution in [0.3, 0.4) is 0 Å². The van der Waals surface area contributed by atoms with E-state index in [9.17, 15) is 5.11 Å². The largest absolute Gasteiger partial charge is 0.393 e. The summed E-state index contributed by atoms with van der Waals surface area (Å²) in [4.78, 5) is 4.80. The number of ether oxygens (including phenoxy) is 1. The van der Waals surface area contributed by atoms with Gasteiger partial charge in [-0.05, 0) is 26.4 Å². The Balaban J connectivity index is 1.84. The van der Waals surface area contributed by atoms with Crippen molar-refractivity contribution < 1.29 is 9.84 Å². The van der Waals surface area contributed by atoms with Crippen LogP contribution in [0.15, 0.2) is 0 Å². The molecule has 0 amide bonds. The monoisotopic (exact) mass is 242 g/mol. The highest BCUT2D eigenvalue weighted by atomic mass is 16.5. The zero-order valence-corrected chi connectivity index (χ0v) is 11.3. The van der Waals surface area contributed by atoms with Gasteiger partial charge in [-0.1, -0.05) is 6.92 Å². The minimum Gasteiger partial charge on any atom is -0.393 e. The molecule has 2 rings (SSSR count). The van der Waals surface area contributed by atoms with Gasteiger partial charge < -0.3 is 19.6 Å². The van der Waals surface area contributed by atoms with Crippen molar-refractivity contribution in [2.45, 2.75) is 25.5 Å². The maximum atomic E-state index is 9.95. The van der Waals surface area contributed by atoms with Crippen molar-refractivity contribution in [3.63, 3.8) is 0 Å². The molecule has 4 atom stereocenters. The van der Waals surface area contributed by atoms with E-state index >= 15 is 0 Å². The molecule has 0 aliphatic carbocycles. The number of likely N-dealkylation sites (N-methyl/N-ethyl adjacent to an activating group) is 1. The van der Waals surface area contributed by atoms with E-state index in [4.69, 9.17) is 4.74 Å². The molecule has 2 fully saturated rings. The van der Waals surface area contributed by atoms with Gasteiger partial charge in [-0.2, -0.15) is 0 Å². The van der Waals surface area contributed by atoms with E-state index in [1.807, 2.05) is 0 Å². The Morgan fingerprint density at radius 1 is 1.35 bits per heavy atom. The van der Waals surface area contributed by atoms with Crippen LogP contribution >= 0.6 is 0 Å². The van der Waals surface area contributed by atoms with Crippen molar-refractivity contribution in [3.8, 4) is 0 Å². The second-order valence-electron chi connectivity index (χ2n) is 5.92. The number of rotatable bonds is 3. The normalized spacial score (nSPS) is 40.1. The van der Waals surface area contributed by atoms with Gasteiger partial charge in [-0.25, -0.2) is 0 Å². The zero-order valence-electron chi connectivity index (χ0n) is 11.3. The van der Waals surface area contributed by atoms with Crippen LogP contribution in [-0.4, -0.2) is 74.0 Å². The first kappa shape index (κ1) is 13.3. The molecule has 17 heavy (non-hydrogen) atoms. The molecule has 0 bridgehead atoms. The van der Waals surface area contributed by atoms with Crippen LogP contribution in [0.2, 0.25) is 0 Å². The summed E-state index contributed by atoms with van der Waals surface area (Å²) < 4.78 is 5.47. The average molecular weight is 242 g/mol. The van der Waals surface area contributed by atoms with Crippen LogP contribution in [0, 0.1) is 11.8 Å². The molecular formula is C13H26N2O2. The van der Waals surface area contributed by atoms with E-state index in [0.717, 1.165) is 32.7 Å². The second kappa shape index (κ2) is 5.65. The van der Waals surface area contributed by atoms with E-state index in [-0.39, 0.29) is 6.10 Å². The number of nitrogens with zero attached hydrogens (tertiary/aromatic N) is 2. The molecule has 0 saturated carbocycles. The van der Waals surface area contributed by atoms with Gasteiger partial charge in [0.2, 0.25) is 0 Å². The molecule has 2 aliphatic rings. The maximum Gasteiger partial charge on any atom is 0.0624 e. The minimum atomic E-state index is -0.169. The Hall–Kier alpha value is -0.160. The Bertz CT molecular complexity index is 248. The lowest BCUT2D eigenvalue weighted by Crippen LogP contribution is -2.41. The second-order valence-corrected chi connectivity index (χ2v) is 5.92. The van der Waals surface area contributed by atoms with Crippen LogP contribution < -0.4 is 0 Å². The van der Waals surface area contributed by atoms with E-state index in [0.29, 0.717) is 24.5 Å². The summed E-state index contributed by atoms with van der Waals surface area (Å²) in [6.07, 6.45) is 0.628. The van der Waals surface area contributed by atoms with E-state index in [2.05, 4.69) is 30.8 Å². The van der Waals surface area contributed by atoms with Crippen LogP contribution in [-0.2, 0) is 4.74 Å². The third-order valence-electron chi connectivity index (χ3n) is 4.24. The third kappa shape index (κ3) is 3.19. The van der Waals surface area contributed by atoms with Crippen molar-refractivity contribution in [2.24, 2.45) is 11.8 Å². The SMILES string of the molecule is CC1CN(CC2COCCC2O)CC1N(C)C. The number of aliphatic hydroxyl groups excluding tert-OH is 1. The summed E-state index contributed by atoms with van der Waals surface area (Å²) in [5, 5.41) is 9.95. The molecule has 2 aliphatic heterocycles. The van der Waals surface area contributed by atoms with Gasteiger partial charge in [0, 0.05) is 38.2 Å². The summed E-state index contributed by atoms with van der Waals surface area (Å²) in [5.74, 6) is 1.02. The van der Waals surface area contributed by atoms with Crippen molar-refractivity contribution in [1.82, 2.24) is 9.80 Å². The third-order valence-corrected chi connectivity index (χ3v) is 4.24. The maximum absolute atomic E-state index is 9.95. The average Bonchev–Trinajstić information content (AvgIpc) is 2.63. The van der Waals surface area contributed by atoms with Gasteiger partial charge in [0.1, 0.15) is 0 Å². The topological polar surface area (TPSA) is 35.9 Å². The Kier molecular flexibility index (Phi) is 4.42. The molecule has 0 spiro atoms. The van der Waals surface area contributed by atoms with Gasteiger partial charge in [0.05, 0.1) is 12.7 Å². The Labute approximate surface area is 105 Å². The highest BCUT2D eigenvalue weighted by Crippen LogP contribution is 2.23. The zero-order chi connectivity index (χ0) is 12.4. The van der Waals surface area contributed by atoms with Crippen molar-refractivity contribution in [2.75, 3.05) is 46.9 Å². The van der Waals surface area contributed by atoms with E-state index < -0.39 is 0 Å². The lowest BCUT2D eigenvalue weighted by Gasteiger charge is -2.31. The van der Waals surface area contributed by atoms with Crippen LogP contribution in [0.25, 0.3) is 0 Å². The summed E-state index contributed by atoms with van der Waals surface area (Å²) in [5.41, 5.74) is 0. The van der Waals surface area contributed by atoms with Gasteiger partial charge in [0.15, 0.2) is 0 Å². The first-order valence-corrected chi connectivity index (χ1v) is 6.72. The number of hydrogen-bond acceptors (Lipinski definition) is 4. The molecule has 0 radical (unpaired) electrons.